The normalized spacial score (nSPS) is 17.0. The largest absolute Gasteiger partial charge is 0.497 e. The van der Waals surface area contributed by atoms with Gasteiger partial charge < -0.3 is 25.0 Å². The topological polar surface area (TPSA) is 58.1 Å². The van der Waals surface area contributed by atoms with Crippen molar-refractivity contribution in [1.29, 1.82) is 0 Å². The molecule has 1 fully saturated rings. The van der Waals surface area contributed by atoms with Gasteiger partial charge in [0, 0.05) is 38.4 Å². The minimum atomic E-state index is 0. The summed E-state index contributed by atoms with van der Waals surface area (Å²) in [6, 6.07) is 16.4. The number of guanidine groups is 1. The zero-order chi connectivity index (χ0) is 21.3. The van der Waals surface area contributed by atoms with E-state index in [2.05, 4.69) is 52.6 Å². The molecule has 0 bridgehead atoms. The van der Waals surface area contributed by atoms with Crippen LogP contribution in [0.2, 0.25) is 0 Å². The van der Waals surface area contributed by atoms with Gasteiger partial charge in [-0.3, -0.25) is 4.99 Å². The van der Waals surface area contributed by atoms with E-state index >= 15 is 0 Å². The highest BCUT2D eigenvalue weighted by atomic mass is 127. The van der Waals surface area contributed by atoms with E-state index < -0.39 is 0 Å². The number of methoxy groups -OCH3 is 1. The molecule has 0 amide bonds. The Hall–Kier alpha value is -2.16. The van der Waals surface area contributed by atoms with E-state index in [1.807, 2.05) is 30.3 Å². The minimum Gasteiger partial charge on any atom is -0.497 e. The number of nitrogens with one attached hydrogen (secondary N) is 2. The number of aryl methyl sites for hydroxylation is 1. The van der Waals surface area contributed by atoms with Gasteiger partial charge in [-0.15, -0.1) is 24.0 Å². The molecule has 3 rings (SSSR count). The van der Waals surface area contributed by atoms with E-state index in [0.717, 1.165) is 49.1 Å². The summed E-state index contributed by atoms with van der Waals surface area (Å²) in [6.45, 7) is 7.81. The lowest BCUT2D eigenvalue weighted by atomic mass is 10.1. The SMILES string of the molecule is CN=C(NCC1CCN(c2cccc(OC)c2)C1)NCC(C)Oc1ccccc1C.I. The van der Waals surface area contributed by atoms with Crippen molar-refractivity contribution < 1.29 is 9.47 Å². The van der Waals surface area contributed by atoms with Crippen LogP contribution in [0.3, 0.4) is 0 Å². The number of benzene rings is 2. The van der Waals surface area contributed by atoms with Gasteiger partial charge in [-0.1, -0.05) is 24.3 Å². The average molecular weight is 538 g/mol. The van der Waals surface area contributed by atoms with E-state index in [-0.39, 0.29) is 30.1 Å². The minimum absolute atomic E-state index is 0. The smallest absolute Gasteiger partial charge is 0.191 e. The number of rotatable bonds is 8. The average Bonchev–Trinajstić information content (AvgIpc) is 3.24. The van der Waals surface area contributed by atoms with E-state index in [4.69, 9.17) is 9.47 Å². The highest BCUT2D eigenvalue weighted by molar-refractivity contribution is 14.0. The number of halogens is 1. The second-order valence-electron chi connectivity index (χ2n) is 7.83. The molecule has 170 valence electrons. The van der Waals surface area contributed by atoms with Gasteiger partial charge >= 0.3 is 0 Å². The summed E-state index contributed by atoms with van der Waals surface area (Å²) >= 11 is 0. The number of hydrogen-bond acceptors (Lipinski definition) is 4. The Labute approximate surface area is 203 Å². The van der Waals surface area contributed by atoms with Gasteiger partial charge in [-0.2, -0.15) is 0 Å². The van der Waals surface area contributed by atoms with Crippen LogP contribution in [0.5, 0.6) is 11.5 Å². The Kier molecular flexibility index (Phi) is 10.2. The molecule has 1 aliphatic rings. The van der Waals surface area contributed by atoms with Gasteiger partial charge in [0.15, 0.2) is 5.96 Å². The number of para-hydroxylation sites is 1. The lowest BCUT2D eigenvalue weighted by molar-refractivity contribution is 0.222. The van der Waals surface area contributed by atoms with Crippen LogP contribution in [-0.4, -0.2) is 52.4 Å². The number of ether oxygens (including phenoxy) is 2. The maximum absolute atomic E-state index is 6.04. The first-order valence-corrected chi connectivity index (χ1v) is 10.6. The maximum Gasteiger partial charge on any atom is 0.191 e. The third-order valence-corrected chi connectivity index (χ3v) is 5.46. The van der Waals surface area contributed by atoms with Crippen LogP contribution in [0, 0.1) is 12.8 Å². The molecule has 0 radical (unpaired) electrons. The Morgan fingerprint density at radius 3 is 2.74 bits per heavy atom. The quantitative estimate of drug-likeness (QED) is 0.302. The molecule has 0 aliphatic carbocycles. The van der Waals surface area contributed by atoms with Gasteiger partial charge in [0.05, 0.1) is 13.7 Å². The Morgan fingerprint density at radius 2 is 2.00 bits per heavy atom. The maximum atomic E-state index is 6.04. The lowest BCUT2D eigenvalue weighted by Gasteiger charge is -2.21. The summed E-state index contributed by atoms with van der Waals surface area (Å²) in [4.78, 5) is 6.77. The van der Waals surface area contributed by atoms with Crippen LogP contribution in [0.25, 0.3) is 0 Å². The first-order chi connectivity index (χ1) is 14.6. The van der Waals surface area contributed by atoms with Gasteiger partial charge in [-0.25, -0.2) is 0 Å². The van der Waals surface area contributed by atoms with Crippen molar-refractivity contribution in [2.75, 3.05) is 45.2 Å². The number of nitrogens with zero attached hydrogens (tertiary/aromatic N) is 2. The highest BCUT2D eigenvalue weighted by Crippen LogP contribution is 2.26. The molecule has 2 unspecified atom stereocenters. The van der Waals surface area contributed by atoms with Crippen LogP contribution in [0.4, 0.5) is 5.69 Å². The van der Waals surface area contributed by atoms with Crippen LogP contribution in [0.15, 0.2) is 53.5 Å². The Bertz CT molecular complexity index is 846. The first kappa shape index (κ1) is 25.1. The van der Waals surface area contributed by atoms with Gasteiger partial charge in [0.2, 0.25) is 0 Å². The fourth-order valence-electron chi connectivity index (χ4n) is 3.69. The van der Waals surface area contributed by atoms with Crippen LogP contribution >= 0.6 is 24.0 Å². The predicted molar refractivity (Wildman–Crippen MR) is 139 cm³/mol. The summed E-state index contributed by atoms with van der Waals surface area (Å²) in [6.07, 6.45) is 1.20. The summed E-state index contributed by atoms with van der Waals surface area (Å²) in [5.74, 6) is 3.23. The van der Waals surface area contributed by atoms with Crippen molar-refractivity contribution in [2.45, 2.75) is 26.4 Å². The molecule has 0 spiro atoms. The second kappa shape index (κ2) is 12.6. The van der Waals surface area contributed by atoms with E-state index in [0.29, 0.717) is 12.5 Å². The number of anilines is 1. The molecule has 31 heavy (non-hydrogen) atoms. The van der Waals surface area contributed by atoms with E-state index in [1.165, 1.54) is 5.69 Å². The van der Waals surface area contributed by atoms with Crippen molar-refractivity contribution in [3.8, 4) is 11.5 Å². The third-order valence-electron chi connectivity index (χ3n) is 5.46. The molecular weight excluding hydrogens is 503 g/mol. The molecular formula is C24H35IN4O2. The van der Waals surface area contributed by atoms with Crippen LogP contribution < -0.4 is 25.0 Å². The van der Waals surface area contributed by atoms with Crippen molar-refractivity contribution >= 4 is 35.6 Å². The van der Waals surface area contributed by atoms with E-state index in [9.17, 15) is 0 Å². The zero-order valence-electron chi connectivity index (χ0n) is 18.9. The van der Waals surface area contributed by atoms with Gasteiger partial charge in [0.1, 0.15) is 17.6 Å². The lowest BCUT2D eigenvalue weighted by Crippen LogP contribution is -2.43. The molecule has 2 aromatic rings. The number of aliphatic imine (C=N–C) groups is 1. The molecule has 2 aromatic carbocycles. The molecule has 0 saturated carbocycles. The zero-order valence-corrected chi connectivity index (χ0v) is 21.3. The molecule has 2 N–H and O–H groups in total. The fourth-order valence-corrected chi connectivity index (χ4v) is 3.69. The van der Waals surface area contributed by atoms with Crippen LogP contribution in [-0.2, 0) is 0 Å². The van der Waals surface area contributed by atoms with Crippen molar-refractivity contribution in [2.24, 2.45) is 10.9 Å². The molecule has 7 heteroatoms. The van der Waals surface area contributed by atoms with Gasteiger partial charge in [-0.05, 0) is 49.9 Å². The molecule has 0 aromatic heterocycles. The monoisotopic (exact) mass is 538 g/mol. The fraction of sp³-hybridized carbons (Fsp3) is 0.458. The molecule has 6 nitrogen and oxygen atoms in total. The predicted octanol–water partition coefficient (Wildman–Crippen LogP) is 4.08. The molecule has 1 aliphatic heterocycles. The summed E-state index contributed by atoms with van der Waals surface area (Å²) < 4.78 is 11.4. The van der Waals surface area contributed by atoms with E-state index in [1.54, 1.807) is 14.2 Å². The van der Waals surface area contributed by atoms with Crippen molar-refractivity contribution in [1.82, 2.24) is 10.6 Å². The third kappa shape index (κ3) is 7.48. The van der Waals surface area contributed by atoms with Gasteiger partial charge in [0.25, 0.3) is 0 Å². The van der Waals surface area contributed by atoms with Crippen molar-refractivity contribution in [3.05, 3.63) is 54.1 Å². The summed E-state index contributed by atoms with van der Waals surface area (Å²) in [5.41, 5.74) is 2.37. The summed E-state index contributed by atoms with van der Waals surface area (Å²) in [7, 11) is 3.51. The first-order valence-electron chi connectivity index (χ1n) is 10.6. The Balaban J connectivity index is 0.00000341. The van der Waals surface area contributed by atoms with Crippen LogP contribution in [0.1, 0.15) is 18.9 Å². The molecule has 1 saturated heterocycles. The molecule has 2 atom stereocenters. The van der Waals surface area contributed by atoms with Crippen molar-refractivity contribution in [3.63, 3.8) is 0 Å². The number of hydrogen-bond donors (Lipinski definition) is 2. The molecule has 1 heterocycles. The summed E-state index contributed by atoms with van der Waals surface area (Å²) in [5, 5.41) is 6.84. The standard InChI is InChI=1S/C24H34N4O2.HI/c1-18-8-5-6-11-23(18)30-19(2)15-26-24(25-3)27-16-20-12-13-28(17-20)21-9-7-10-22(14-21)29-4;/h5-11,14,19-20H,12-13,15-17H2,1-4H3,(H2,25,26,27);1H. The Morgan fingerprint density at radius 1 is 1.19 bits per heavy atom. The second-order valence-corrected chi connectivity index (χ2v) is 7.83. The highest BCUT2D eigenvalue weighted by Gasteiger charge is 2.23.